The number of rotatable bonds is 4. The van der Waals surface area contributed by atoms with Crippen molar-refractivity contribution >= 4 is 5.95 Å². The monoisotopic (exact) mass is 298 g/mol. The Labute approximate surface area is 131 Å². The van der Waals surface area contributed by atoms with Crippen LogP contribution in [0.2, 0.25) is 0 Å². The van der Waals surface area contributed by atoms with Crippen LogP contribution in [0.5, 0.6) is 0 Å². The molecule has 0 saturated carbocycles. The highest BCUT2D eigenvalue weighted by molar-refractivity contribution is 5.43. The van der Waals surface area contributed by atoms with Gasteiger partial charge in [0.25, 0.3) is 0 Å². The molecule has 0 fully saturated rings. The van der Waals surface area contributed by atoms with Crippen molar-refractivity contribution < 1.29 is 4.74 Å². The third-order valence-electron chi connectivity index (χ3n) is 4.10. The van der Waals surface area contributed by atoms with E-state index in [0.29, 0.717) is 30.1 Å². The largest absolute Gasteiger partial charge is 0.377 e. The molecule has 5 heteroatoms. The van der Waals surface area contributed by atoms with Crippen molar-refractivity contribution in [2.24, 2.45) is 5.92 Å². The first-order valence-corrected chi connectivity index (χ1v) is 7.63. The van der Waals surface area contributed by atoms with Crippen LogP contribution in [0, 0.1) is 19.8 Å². The van der Waals surface area contributed by atoms with Crippen LogP contribution < -0.4 is 5.32 Å². The molecule has 1 aromatic carbocycles. The van der Waals surface area contributed by atoms with Gasteiger partial charge in [0.2, 0.25) is 5.95 Å². The number of aromatic nitrogens is 3. The molecule has 2 atom stereocenters. The van der Waals surface area contributed by atoms with Crippen LogP contribution in [0.25, 0.3) is 0 Å². The van der Waals surface area contributed by atoms with E-state index in [1.54, 1.807) is 7.11 Å². The number of nitrogens with one attached hydrogen (secondary N) is 1. The van der Waals surface area contributed by atoms with Gasteiger partial charge in [-0.05, 0) is 37.3 Å². The van der Waals surface area contributed by atoms with Crippen molar-refractivity contribution in [3.63, 3.8) is 0 Å². The molecule has 1 aliphatic carbocycles. The van der Waals surface area contributed by atoms with E-state index in [1.165, 1.54) is 16.7 Å². The summed E-state index contributed by atoms with van der Waals surface area (Å²) in [5.74, 6) is 2.51. The second kappa shape index (κ2) is 6.01. The minimum atomic E-state index is 0.243. The Bertz CT molecular complexity index is 686. The predicted octanol–water partition coefficient (Wildman–Crippen LogP) is 2.98. The Morgan fingerprint density at radius 1 is 1.23 bits per heavy atom. The van der Waals surface area contributed by atoms with E-state index in [1.807, 2.05) is 6.92 Å². The van der Waals surface area contributed by atoms with Crippen molar-refractivity contribution in [1.29, 1.82) is 0 Å². The summed E-state index contributed by atoms with van der Waals surface area (Å²) < 4.78 is 5.12. The average molecular weight is 298 g/mol. The average Bonchev–Trinajstić information content (AvgIpc) is 2.75. The molecular weight excluding hydrogens is 276 g/mol. The number of nitrogens with zero attached hydrogens (tertiary/aromatic N) is 3. The van der Waals surface area contributed by atoms with E-state index in [9.17, 15) is 0 Å². The standard InChI is InChI=1S/C17H22N4O/c1-10-5-6-13-8-11(2)16(14(13)7-10)21-17-19-12(3)18-15(20-17)9-22-4/h5-7,11,16H,8-9H2,1-4H3,(H,18,19,20,21)/t11-,16+/m0/s1. The first-order chi connectivity index (χ1) is 10.6. The van der Waals surface area contributed by atoms with Gasteiger partial charge in [0, 0.05) is 7.11 Å². The minimum Gasteiger partial charge on any atom is -0.377 e. The van der Waals surface area contributed by atoms with Gasteiger partial charge in [-0.3, -0.25) is 0 Å². The lowest BCUT2D eigenvalue weighted by Crippen LogP contribution is -2.17. The van der Waals surface area contributed by atoms with Gasteiger partial charge >= 0.3 is 0 Å². The summed E-state index contributed by atoms with van der Waals surface area (Å²) in [7, 11) is 1.64. The molecule has 0 spiro atoms. The van der Waals surface area contributed by atoms with Crippen molar-refractivity contribution in [3.05, 3.63) is 46.5 Å². The van der Waals surface area contributed by atoms with Crippen LogP contribution in [0.1, 0.15) is 41.3 Å². The zero-order chi connectivity index (χ0) is 15.7. The quantitative estimate of drug-likeness (QED) is 0.940. The van der Waals surface area contributed by atoms with Gasteiger partial charge in [0.1, 0.15) is 12.4 Å². The SMILES string of the molecule is COCc1nc(C)nc(N[C@H]2c3cc(C)ccc3C[C@@H]2C)n1. The van der Waals surface area contributed by atoms with Crippen molar-refractivity contribution in [1.82, 2.24) is 15.0 Å². The first kappa shape index (κ1) is 14.9. The molecule has 5 nitrogen and oxygen atoms in total. The molecule has 0 aliphatic heterocycles. The Morgan fingerprint density at radius 3 is 2.82 bits per heavy atom. The summed E-state index contributed by atoms with van der Waals surface area (Å²) in [6, 6.07) is 6.92. The number of hydrogen-bond donors (Lipinski definition) is 1. The van der Waals surface area contributed by atoms with Gasteiger partial charge in [-0.15, -0.1) is 0 Å². The summed E-state index contributed by atoms with van der Waals surface area (Å²) >= 11 is 0. The van der Waals surface area contributed by atoms with E-state index < -0.39 is 0 Å². The zero-order valence-electron chi connectivity index (χ0n) is 13.6. The molecule has 1 aliphatic rings. The molecule has 116 valence electrons. The molecule has 1 N–H and O–H groups in total. The summed E-state index contributed by atoms with van der Waals surface area (Å²) in [5.41, 5.74) is 4.06. The number of fused-ring (bicyclic) bond motifs is 1. The molecule has 0 saturated heterocycles. The highest BCUT2D eigenvalue weighted by atomic mass is 16.5. The maximum Gasteiger partial charge on any atom is 0.226 e. The fourth-order valence-electron chi connectivity index (χ4n) is 3.12. The molecule has 1 heterocycles. The molecule has 3 rings (SSSR count). The van der Waals surface area contributed by atoms with Crippen molar-refractivity contribution in [3.8, 4) is 0 Å². The maximum absolute atomic E-state index is 5.12. The van der Waals surface area contributed by atoms with Crippen molar-refractivity contribution in [2.75, 3.05) is 12.4 Å². The van der Waals surface area contributed by atoms with Crippen LogP contribution in [-0.2, 0) is 17.8 Å². The Morgan fingerprint density at radius 2 is 2.05 bits per heavy atom. The third kappa shape index (κ3) is 2.95. The summed E-state index contributed by atoms with van der Waals surface area (Å²) in [4.78, 5) is 13.2. The van der Waals surface area contributed by atoms with E-state index in [0.717, 1.165) is 6.42 Å². The number of ether oxygens (including phenoxy) is 1. The van der Waals surface area contributed by atoms with Crippen LogP contribution in [0.4, 0.5) is 5.95 Å². The lowest BCUT2D eigenvalue weighted by Gasteiger charge is -2.19. The lowest BCUT2D eigenvalue weighted by molar-refractivity contribution is 0.177. The first-order valence-electron chi connectivity index (χ1n) is 7.63. The Balaban J connectivity index is 1.89. The fraction of sp³-hybridized carbons (Fsp3) is 0.471. The molecule has 2 aromatic rings. The molecule has 1 aromatic heterocycles. The van der Waals surface area contributed by atoms with Gasteiger partial charge in [-0.25, -0.2) is 4.98 Å². The second-order valence-corrected chi connectivity index (χ2v) is 6.06. The highest BCUT2D eigenvalue weighted by Gasteiger charge is 2.30. The van der Waals surface area contributed by atoms with Gasteiger partial charge in [0.05, 0.1) is 6.04 Å². The number of hydrogen-bond acceptors (Lipinski definition) is 5. The van der Waals surface area contributed by atoms with Gasteiger partial charge in [-0.2, -0.15) is 9.97 Å². The molecule has 0 radical (unpaired) electrons. The summed E-state index contributed by atoms with van der Waals surface area (Å²) in [6.45, 7) is 6.66. The Hall–Kier alpha value is -2.01. The van der Waals surface area contributed by atoms with Crippen LogP contribution >= 0.6 is 0 Å². The molecule has 22 heavy (non-hydrogen) atoms. The zero-order valence-corrected chi connectivity index (χ0v) is 13.6. The van der Waals surface area contributed by atoms with Gasteiger partial charge in [0.15, 0.2) is 5.82 Å². The maximum atomic E-state index is 5.12. The summed E-state index contributed by atoms with van der Waals surface area (Å²) in [6.07, 6.45) is 1.09. The van der Waals surface area contributed by atoms with E-state index in [-0.39, 0.29) is 6.04 Å². The lowest BCUT2D eigenvalue weighted by atomic mass is 10.0. The van der Waals surface area contributed by atoms with Crippen LogP contribution in [-0.4, -0.2) is 22.1 Å². The molecule has 0 bridgehead atoms. The van der Waals surface area contributed by atoms with Crippen LogP contribution in [0.15, 0.2) is 18.2 Å². The van der Waals surface area contributed by atoms with Gasteiger partial charge < -0.3 is 10.1 Å². The fourth-order valence-corrected chi connectivity index (χ4v) is 3.12. The van der Waals surface area contributed by atoms with E-state index in [4.69, 9.17) is 4.74 Å². The number of methoxy groups -OCH3 is 1. The van der Waals surface area contributed by atoms with Crippen molar-refractivity contribution in [2.45, 2.75) is 39.8 Å². The normalized spacial score (nSPS) is 20.0. The summed E-state index contributed by atoms with van der Waals surface area (Å²) in [5, 5.41) is 3.50. The van der Waals surface area contributed by atoms with E-state index >= 15 is 0 Å². The minimum absolute atomic E-state index is 0.243. The predicted molar refractivity (Wildman–Crippen MR) is 85.7 cm³/mol. The molecular formula is C17H22N4O. The van der Waals surface area contributed by atoms with Crippen LogP contribution in [0.3, 0.4) is 0 Å². The third-order valence-corrected chi connectivity index (χ3v) is 4.10. The number of anilines is 1. The van der Waals surface area contributed by atoms with Gasteiger partial charge in [-0.1, -0.05) is 30.7 Å². The smallest absolute Gasteiger partial charge is 0.226 e. The highest BCUT2D eigenvalue weighted by Crippen LogP contribution is 2.38. The van der Waals surface area contributed by atoms with E-state index in [2.05, 4.69) is 52.3 Å². The number of benzene rings is 1. The molecule has 0 unspecified atom stereocenters. The molecule has 0 amide bonds. The topological polar surface area (TPSA) is 59.9 Å². The second-order valence-electron chi connectivity index (χ2n) is 6.06. The Kier molecular flexibility index (Phi) is 4.07. The number of aryl methyl sites for hydroxylation is 2.